The molecule has 0 spiro atoms. The predicted octanol–water partition coefficient (Wildman–Crippen LogP) is 3.07. The third-order valence-electron chi connectivity index (χ3n) is 5.52. The summed E-state index contributed by atoms with van der Waals surface area (Å²) in [6.45, 7) is 5.48. The van der Waals surface area contributed by atoms with Crippen LogP contribution >= 0.6 is 0 Å². The molecule has 2 heterocycles. The maximum atomic E-state index is 13.2. The maximum Gasteiger partial charge on any atom is 0.326 e. The van der Waals surface area contributed by atoms with Crippen LogP contribution in [-0.4, -0.2) is 41.0 Å². The van der Waals surface area contributed by atoms with Gasteiger partial charge in [-0.25, -0.2) is 9.69 Å². The van der Waals surface area contributed by atoms with Crippen LogP contribution in [-0.2, 0) is 10.3 Å². The van der Waals surface area contributed by atoms with Crippen molar-refractivity contribution < 1.29 is 9.59 Å². The van der Waals surface area contributed by atoms with Gasteiger partial charge in [0, 0.05) is 12.6 Å². The van der Waals surface area contributed by atoms with Gasteiger partial charge >= 0.3 is 6.03 Å². The molecule has 1 N–H and O–H groups in total. The Labute approximate surface area is 144 Å². The molecule has 0 bridgehead atoms. The van der Waals surface area contributed by atoms with Gasteiger partial charge in [-0.3, -0.25) is 9.69 Å². The van der Waals surface area contributed by atoms with Crippen molar-refractivity contribution in [2.75, 3.05) is 13.2 Å². The Morgan fingerprint density at radius 2 is 1.92 bits per heavy atom. The fraction of sp³-hybridized carbons (Fsp3) is 0.579. The monoisotopic (exact) mass is 329 g/mol. The topological polar surface area (TPSA) is 52.6 Å². The summed E-state index contributed by atoms with van der Waals surface area (Å²) in [5.41, 5.74) is -0.0606. The van der Waals surface area contributed by atoms with Crippen LogP contribution in [0.3, 0.4) is 0 Å². The molecule has 3 amide bonds. The van der Waals surface area contributed by atoms with E-state index in [4.69, 9.17) is 0 Å². The summed E-state index contributed by atoms with van der Waals surface area (Å²) in [7, 11) is 0. The molecule has 1 aromatic carbocycles. The van der Waals surface area contributed by atoms with Gasteiger partial charge in [0.25, 0.3) is 5.91 Å². The largest absolute Gasteiger partial charge is 0.326 e. The first kappa shape index (κ1) is 17.0. The number of benzene rings is 1. The number of urea groups is 1. The van der Waals surface area contributed by atoms with Gasteiger partial charge in [0.15, 0.2) is 0 Å². The summed E-state index contributed by atoms with van der Waals surface area (Å²) in [5.74, 6) is -0.123. The number of piperidine rings is 1. The molecule has 24 heavy (non-hydrogen) atoms. The Hall–Kier alpha value is -1.88. The van der Waals surface area contributed by atoms with Gasteiger partial charge in [0.05, 0.1) is 6.67 Å². The van der Waals surface area contributed by atoms with Crippen molar-refractivity contribution in [1.82, 2.24) is 15.1 Å². The van der Waals surface area contributed by atoms with Crippen LogP contribution in [0.25, 0.3) is 0 Å². The van der Waals surface area contributed by atoms with Gasteiger partial charge in [0.2, 0.25) is 0 Å². The maximum absolute atomic E-state index is 13.2. The standard InChI is InChI=1S/C19H27N3O2/c1-3-16-12-8-9-13-21(16)14-22-17(23)19(4-2,20-18(22)24)15-10-6-5-7-11-15/h5-7,10-11,16H,3-4,8-9,12-14H2,1-2H3,(H,20,24)/t16-,19-/m1/s1. The van der Waals surface area contributed by atoms with Crippen molar-refractivity contribution in [2.45, 2.75) is 57.5 Å². The molecule has 0 aromatic heterocycles. The molecule has 0 saturated carbocycles. The van der Waals surface area contributed by atoms with Crippen LogP contribution in [0.2, 0.25) is 0 Å². The van der Waals surface area contributed by atoms with Crippen molar-refractivity contribution in [3.63, 3.8) is 0 Å². The molecule has 5 heteroatoms. The predicted molar refractivity (Wildman–Crippen MR) is 93.3 cm³/mol. The second-order valence-electron chi connectivity index (χ2n) is 6.80. The third kappa shape index (κ3) is 2.81. The Bertz CT molecular complexity index is 604. The molecule has 2 aliphatic heterocycles. The number of amides is 3. The number of hydrogen-bond donors (Lipinski definition) is 1. The number of carbonyl (C=O) groups excluding carboxylic acids is 2. The molecule has 3 rings (SSSR count). The zero-order chi connectivity index (χ0) is 17.2. The molecular weight excluding hydrogens is 302 g/mol. The lowest BCUT2D eigenvalue weighted by atomic mass is 9.87. The van der Waals surface area contributed by atoms with Crippen molar-refractivity contribution in [2.24, 2.45) is 0 Å². The highest BCUT2D eigenvalue weighted by atomic mass is 16.2. The van der Waals surface area contributed by atoms with Crippen molar-refractivity contribution in [1.29, 1.82) is 0 Å². The fourth-order valence-corrected chi connectivity index (χ4v) is 4.01. The first-order valence-corrected chi connectivity index (χ1v) is 9.06. The van der Waals surface area contributed by atoms with Crippen LogP contribution in [0.5, 0.6) is 0 Å². The summed E-state index contributed by atoms with van der Waals surface area (Å²) < 4.78 is 0. The van der Waals surface area contributed by atoms with Gasteiger partial charge in [-0.05, 0) is 31.2 Å². The van der Waals surface area contributed by atoms with E-state index in [9.17, 15) is 9.59 Å². The quantitative estimate of drug-likeness (QED) is 0.845. The van der Waals surface area contributed by atoms with Gasteiger partial charge in [-0.2, -0.15) is 0 Å². The smallest absolute Gasteiger partial charge is 0.319 e. The molecule has 2 atom stereocenters. The SMILES string of the molecule is CC[C@@H]1CCCCN1CN1C(=O)N[C@](CC)(c2ccccc2)C1=O. The average Bonchev–Trinajstić information content (AvgIpc) is 2.88. The van der Waals surface area contributed by atoms with E-state index in [0.717, 1.165) is 31.4 Å². The number of nitrogens with zero attached hydrogens (tertiary/aromatic N) is 2. The number of carbonyl (C=O) groups is 2. The summed E-state index contributed by atoms with van der Waals surface area (Å²) in [6.07, 6.45) is 5.13. The highest BCUT2D eigenvalue weighted by Gasteiger charge is 2.51. The minimum atomic E-state index is -0.921. The molecule has 0 aliphatic carbocycles. The number of rotatable bonds is 5. The lowest BCUT2D eigenvalue weighted by molar-refractivity contribution is -0.133. The molecule has 0 radical (unpaired) electrons. The number of likely N-dealkylation sites (tertiary alicyclic amines) is 1. The number of imide groups is 1. The zero-order valence-electron chi connectivity index (χ0n) is 14.6. The molecule has 2 aliphatic rings. The first-order chi connectivity index (χ1) is 11.6. The third-order valence-corrected chi connectivity index (χ3v) is 5.52. The van der Waals surface area contributed by atoms with Crippen LogP contribution in [0.15, 0.2) is 30.3 Å². The molecule has 130 valence electrons. The van der Waals surface area contributed by atoms with Crippen molar-refractivity contribution in [3.05, 3.63) is 35.9 Å². The minimum Gasteiger partial charge on any atom is -0.319 e. The second kappa shape index (κ2) is 6.93. The molecule has 2 fully saturated rings. The Balaban J connectivity index is 1.83. The average molecular weight is 329 g/mol. The summed E-state index contributed by atoms with van der Waals surface area (Å²) >= 11 is 0. The highest BCUT2D eigenvalue weighted by molar-refractivity contribution is 6.07. The van der Waals surface area contributed by atoms with Crippen LogP contribution in [0.4, 0.5) is 4.79 Å². The fourth-order valence-electron chi connectivity index (χ4n) is 4.01. The van der Waals surface area contributed by atoms with E-state index in [0.29, 0.717) is 19.1 Å². The first-order valence-electron chi connectivity index (χ1n) is 9.06. The molecule has 0 unspecified atom stereocenters. The van der Waals surface area contributed by atoms with Crippen molar-refractivity contribution >= 4 is 11.9 Å². The van der Waals surface area contributed by atoms with E-state index in [1.165, 1.54) is 11.3 Å². The van der Waals surface area contributed by atoms with Gasteiger partial charge in [0.1, 0.15) is 5.54 Å². The van der Waals surface area contributed by atoms with E-state index in [1.807, 2.05) is 37.3 Å². The van der Waals surface area contributed by atoms with E-state index in [2.05, 4.69) is 17.1 Å². The van der Waals surface area contributed by atoms with E-state index >= 15 is 0 Å². The lowest BCUT2D eigenvalue weighted by Crippen LogP contribution is -2.49. The van der Waals surface area contributed by atoms with Crippen LogP contribution in [0.1, 0.15) is 51.5 Å². The minimum absolute atomic E-state index is 0.123. The summed E-state index contributed by atoms with van der Waals surface area (Å²) in [4.78, 5) is 29.4. The van der Waals surface area contributed by atoms with E-state index in [1.54, 1.807) is 0 Å². The Morgan fingerprint density at radius 3 is 2.58 bits per heavy atom. The zero-order valence-corrected chi connectivity index (χ0v) is 14.6. The van der Waals surface area contributed by atoms with Crippen LogP contribution in [0, 0.1) is 0 Å². The Morgan fingerprint density at radius 1 is 1.17 bits per heavy atom. The normalized spacial score (nSPS) is 28.2. The van der Waals surface area contributed by atoms with Crippen molar-refractivity contribution in [3.8, 4) is 0 Å². The molecule has 1 aromatic rings. The lowest BCUT2D eigenvalue weighted by Gasteiger charge is -2.37. The van der Waals surface area contributed by atoms with Gasteiger partial charge < -0.3 is 5.32 Å². The summed E-state index contributed by atoms with van der Waals surface area (Å²) in [6, 6.07) is 9.77. The van der Waals surface area contributed by atoms with E-state index < -0.39 is 5.54 Å². The number of nitrogens with one attached hydrogen (secondary N) is 1. The molecule has 2 saturated heterocycles. The second-order valence-corrected chi connectivity index (χ2v) is 6.80. The highest BCUT2D eigenvalue weighted by Crippen LogP contribution is 2.33. The van der Waals surface area contributed by atoms with Gasteiger partial charge in [-0.15, -0.1) is 0 Å². The molecular formula is C19H27N3O2. The Kier molecular flexibility index (Phi) is 4.90. The van der Waals surface area contributed by atoms with E-state index in [-0.39, 0.29) is 11.9 Å². The number of hydrogen-bond acceptors (Lipinski definition) is 3. The van der Waals surface area contributed by atoms with Gasteiger partial charge in [-0.1, -0.05) is 50.6 Å². The van der Waals surface area contributed by atoms with Crippen LogP contribution < -0.4 is 5.32 Å². The summed E-state index contributed by atoms with van der Waals surface area (Å²) in [5, 5.41) is 2.97. The molecule has 5 nitrogen and oxygen atoms in total.